The average Bonchev–Trinajstić information content (AvgIpc) is 2.88. The Hall–Kier alpha value is -2.16. The molecule has 0 radical (unpaired) electrons. The minimum atomic E-state index is -1.01. The molecule has 13 heteroatoms. The van der Waals surface area contributed by atoms with Crippen molar-refractivity contribution in [1.82, 2.24) is 5.32 Å². The number of amides is 1. The summed E-state index contributed by atoms with van der Waals surface area (Å²) in [7, 11) is 0. The molecule has 0 spiro atoms. The van der Waals surface area contributed by atoms with Crippen molar-refractivity contribution in [3.63, 3.8) is 0 Å². The van der Waals surface area contributed by atoms with Crippen molar-refractivity contribution >= 4 is 23.6 Å². The summed E-state index contributed by atoms with van der Waals surface area (Å²) < 4.78 is 0. The minimum absolute atomic E-state index is 0.0849. The van der Waals surface area contributed by atoms with Gasteiger partial charge in [0.15, 0.2) is 0 Å². The van der Waals surface area contributed by atoms with E-state index in [1.165, 1.54) is 0 Å². The smallest absolute Gasteiger partial charge is 0.320 e. The third kappa shape index (κ3) is 23.0. The molecule has 4 atom stereocenters. The highest BCUT2D eigenvalue weighted by atomic mass is 16.4. The normalized spacial score (nSPS) is 13.9. The number of aliphatic carboxylic acids is 2. The fraction of sp³-hybridized carbons (Fsp3) is 0.840. The van der Waals surface area contributed by atoms with E-state index < -0.39 is 36.1 Å². The molecule has 0 fully saturated rings. The molecule has 0 bridgehead atoms. The molecule has 0 aromatic heterocycles. The van der Waals surface area contributed by atoms with Gasteiger partial charge in [-0.3, -0.25) is 19.2 Å². The Balaban J connectivity index is 0. The van der Waals surface area contributed by atoms with E-state index in [1.807, 2.05) is 0 Å². The SMILES string of the molecule is NCCCC[C@H](N)C(=O)CCCCC[C@H](N)C(=O)NCCCC[C@H](N)C(=O)O.NCCCC[C@H](N)C(=O)O. The summed E-state index contributed by atoms with van der Waals surface area (Å²) in [6.07, 6.45) is 9.66. The Bertz CT molecular complexity index is 654. The topological polar surface area (TPSA) is 277 Å². The lowest BCUT2D eigenvalue weighted by atomic mass is 10.0. The number of carboxylic acids is 2. The molecule has 15 N–H and O–H groups in total. The van der Waals surface area contributed by atoms with Crippen LogP contribution in [0.3, 0.4) is 0 Å². The second-order valence-electron chi connectivity index (χ2n) is 9.52. The second kappa shape index (κ2) is 25.1. The summed E-state index contributed by atoms with van der Waals surface area (Å²) in [4.78, 5) is 44.5. The first-order valence-corrected chi connectivity index (χ1v) is 13.7. The molecule has 0 aromatic rings. The van der Waals surface area contributed by atoms with Crippen LogP contribution in [-0.4, -0.2) is 77.6 Å². The van der Waals surface area contributed by atoms with E-state index in [-0.39, 0.29) is 11.7 Å². The highest BCUT2D eigenvalue weighted by Gasteiger charge is 2.15. The van der Waals surface area contributed by atoms with Crippen molar-refractivity contribution in [2.75, 3.05) is 19.6 Å². The largest absolute Gasteiger partial charge is 0.480 e. The molecule has 0 saturated heterocycles. The molecular formula is C25H53N7O6. The quantitative estimate of drug-likeness (QED) is 0.0733. The highest BCUT2D eigenvalue weighted by Crippen LogP contribution is 2.09. The van der Waals surface area contributed by atoms with Gasteiger partial charge in [-0.05, 0) is 70.9 Å². The van der Waals surface area contributed by atoms with E-state index in [9.17, 15) is 19.2 Å². The number of carbonyl (C=O) groups is 4. The van der Waals surface area contributed by atoms with Gasteiger partial charge in [0.05, 0.1) is 12.1 Å². The third-order valence-electron chi connectivity index (χ3n) is 6.00. The molecule has 0 rings (SSSR count). The standard InChI is InChI=1S/C19H39N5O4.C6H14N2O2/c20-12-6-4-8-14(21)17(25)11-3-1-2-9-15(22)18(26)24-13-7-5-10-16(23)19(27)28;7-4-2-1-3-5(8)6(9)10/h14-16H,1-13,20-23H2,(H,24,26)(H,27,28);5H,1-4,7-8H2,(H,9,10)/t14-,15-,16-;5-/m00/s1. The number of nitrogens with one attached hydrogen (secondary N) is 1. The molecule has 0 saturated carbocycles. The fourth-order valence-corrected chi connectivity index (χ4v) is 3.41. The number of ketones is 1. The zero-order chi connectivity index (χ0) is 29.3. The second-order valence-corrected chi connectivity index (χ2v) is 9.52. The van der Waals surface area contributed by atoms with E-state index in [0.717, 1.165) is 44.9 Å². The summed E-state index contributed by atoms with van der Waals surface area (Å²) in [6, 6.07) is -2.54. The lowest BCUT2D eigenvalue weighted by molar-refractivity contribution is -0.139. The lowest BCUT2D eigenvalue weighted by Crippen LogP contribution is -2.41. The zero-order valence-electron chi connectivity index (χ0n) is 22.8. The lowest BCUT2D eigenvalue weighted by Gasteiger charge is -2.13. The van der Waals surface area contributed by atoms with Crippen LogP contribution in [0.2, 0.25) is 0 Å². The number of Topliss-reactive ketones (excluding diaryl/α,β-unsaturated/α-hetero) is 1. The van der Waals surface area contributed by atoms with Gasteiger partial charge < -0.3 is 49.9 Å². The van der Waals surface area contributed by atoms with Crippen molar-refractivity contribution in [3.05, 3.63) is 0 Å². The van der Waals surface area contributed by atoms with Crippen molar-refractivity contribution < 1.29 is 29.4 Å². The number of hydrogen-bond acceptors (Lipinski definition) is 10. The van der Waals surface area contributed by atoms with E-state index in [1.54, 1.807) is 0 Å². The van der Waals surface area contributed by atoms with Crippen LogP contribution in [0.15, 0.2) is 0 Å². The summed E-state index contributed by atoms with van der Waals surface area (Å²) in [5, 5.41) is 19.8. The number of rotatable bonds is 23. The van der Waals surface area contributed by atoms with Crippen LogP contribution < -0.4 is 39.7 Å². The van der Waals surface area contributed by atoms with E-state index in [2.05, 4.69) is 5.32 Å². The maximum absolute atomic E-state index is 11.9. The van der Waals surface area contributed by atoms with Crippen molar-refractivity contribution in [2.45, 2.75) is 114 Å². The molecular weight excluding hydrogens is 494 g/mol. The summed E-state index contributed by atoms with van der Waals surface area (Å²) in [5.41, 5.74) is 33.0. The van der Waals surface area contributed by atoms with Gasteiger partial charge in [0.1, 0.15) is 17.9 Å². The summed E-state index contributed by atoms with van der Waals surface area (Å²) in [5.74, 6) is -2.07. The van der Waals surface area contributed by atoms with Crippen LogP contribution >= 0.6 is 0 Å². The molecule has 0 aliphatic carbocycles. The van der Waals surface area contributed by atoms with Crippen molar-refractivity contribution in [3.8, 4) is 0 Å². The number of carbonyl (C=O) groups excluding carboxylic acids is 2. The monoisotopic (exact) mass is 547 g/mol. The number of unbranched alkanes of at least 4 members (excludes halogenated alkanes) is 5. The van der Waals surface area contributed by atoms with Gasteiger partial charge in [-0.2, -0.15) is 0 Å². The van der Waals surface area contributed by atoms with Crippen LogP contribution in [0.5, 0.6) is 0 Å². The fourth-order valence-electron chi connectivity index (χ4n) is 3.41. The third-order valence-corrected chi connectivity index (χ3v) is 6.00. The Morgan fingerprint density at radius 1 is 0.553 bits per heavy atom. The van der Waals surface area contributed by atoms with Crippen LogP contribution in [0.25, 0.3) is 0 Å². The number of hydrogen-bond donors (Lipinski definition) is 9. The van der Waals surface area contributed by atoms with E-state index >= 15 is 0 Å². The van der Waals surface area contributed by atoms with Crippen molar-refractivity contribution in [1.29, 1.82) is 0 Å². The van der Waals surface area contributed by atoms with Crippen LogP contribution in [0, 0.1) is 0 Å². The first-order valence-electron chi connectivity index (χ1n) is 13.7. The molecule has 0 heterocycles. The number of nitrogens with two attached hydrogens (primary N) is 6. The molecule has 0 aliphatic rings. The first-order chi connectivity index (χ1) is 18.0. The van der Waals surface area contributed by atoms with Crippen LogP contribution in [0.1, 0.15) is 89.9 Å². The maximum atomic E-state index is 11.9. The van der Waals surface area contributed by atoms with Gasteiger partial charge in [0.25, 0.3) is 0 Å². The van der Waals surface area contributed by atoms with Gasteiger partial charge in [0, 0.05) is 13.0 Å². The van der Waals surface area contributed by atoms with Gasteiger partial charge in [-0.1, -0.05) is 25.7 Å². The molecule has 0 unspecified atom stereocenters. The molecule has 1 amide bonds. The summed E-state index contributed by atoms with van der Waals surface area (Å²) in [6.45, 7) is 1.68. The maximum Gasteiger partial charge on any atom is 0.320 e. The molecule has 224 valence electrons. The molecule has 13 nitrogen and oxygen atoms in total. The predicted octanol–water partition coefficient (Wildman–Crippen LogP) is -0.485. The Morgan fingerprint density at radius 2 is 0.974 bits per heavy atom. The Labute approximate surface area is 226 Å². The van der Waals surface area contributed by atoms with Crippen molar-refractivity contribution in [2.24, 2.45) is 34.4 Å². The van der Waals surface area contributed by atoms with Crippen LogP contribution in [-0.2, 0) is 19.2 Å². The average molecular weight is 548 g/mol. The highest BCUT2D eigenvalue weighted by molar-refractivity contribution is 5.83. The Kier molecular flexibility index (Phi) is 25.1. The Morgan fingerprint density at radius 3 is 1.45 bits per heavy atom. The van der Waals surface area contributed by atoms with E-state index in [4.69, 9.17) is 44.6 Å². The molecule has 0 aliphatic heterocycles. The first kappa shape index (κ1) is 38.0. The summed E-state index contributed by atoms with van der Waals surface area (Å²) >= 11 is 0. The minimum Gasteiger partial charge on any atom is -0.480 e. The van der Waals surface area contributed by atoms with Gasteiger partial charge in [-0.15, -0.1) is 0 Å². The number of carboxylic acid groups (broad SMARTS) is 2. The van der Waals surface area contributed by atoms with Gasteiger partial charge >= 0.3 is 11.9 Å². The predicted molar refractivity (Wildman–Crippen MR) is 148 cm³/mol. The van der Waals surface area contributed by atoms with Gasteiger partial charge in [0.2, 0.25) is 5.91 Å². The zero-order valence-corrected chi connectivity index (χ0v) is 22.8. The van der Waals surface area contributed by atoms with E-state index in [0.29, 0.717) is 64.6 Å². The molecule has 38 heavy (non-hydrogen) atoms. The van der Waals surface area contributed by atoms with Crippen LogP contribution in [0.4, 0.5) is 0 Å². The molecule has 0 aromatic carbocycles. The van der Waals surface area contributed by atoms with Gasteiger partial charge in [-0.25, -0.2) is 0 Å².